The van der Waals surface area contributed by atoms with Crippen molar-refractivity contribution in [2.24, 2.45) is 0 Å². The molecule has 0 atom stereocenters. The van der Waals surface area contributed by atoms with Crippen molar-refractivity contribution in [3.8, 4) is 0 Å². The summed E-state index contributed by atoms with van der Waals surface area (Å²) in [6.45, 7) is 0. The first-order valence-corrected chi connectivity index (χ1v) is 26.0. The average Bonchev–Trinajstić information content (AvgIpc) is 3.32. The van der Waals surface area contributed by atoms with E-state index in [1.165, 1.54) is 67.1 Å². The molecule has 0 radical (unpaired) electrons. The third-order valence-electron chi connectivity index (χ3n) is 9.64. The van der Waals surface area contributed by atoms with Crippen LogP contribution in [0.25, 0.3) is 0 Å². The van der Waals surface area contributed by atoms with Crippen LogP contribution in [0.4, 0.5) is 0 Å². The Balaban J connectivity index is 0.000000209. The SMILES string of the molecule is O=[N+]([O-])[O-].[Cu+].c1ccc(P(CCP(c2ccccc2)c2ccccc2)c2ccccc2)cc1.c1ccc(P(CCP(c2ccccc2)c2ccccc2)c2ccccc2)cc1. The molecule has 0 spiro atoms. The fourth-order valence-corrected chi connectivity index (χ4v) is 17.6. The van der Waals surface area contributed by atoms with E-state index in [0.29, 0.717) is 0 Å². The number of rotatable bonds is 14. The molecular weight excluding hydrogens is 874 g/mol. The minimum absolute atomic E-state index is 0. The van der Waals surface area contributed by atoms with E-state index >= 15 is 0 Å². The Morgan fingerprint density at radius 1 is 0.262 bits per heavy atom. The molecule has 310 valence electrons. The van der Waals surface area contributed by atoms with Crippen LogP contribution in [-0.4, -0.2) is 29.7 Å². The second-order valence-corrected chi connectivity index (χ2v) is 22.9. The summed E-state index contributed by atoms with van der Waals surface area (Å²) in [4.78, 5) is 8.25. The molecule has 0 amide bonds. The van der Waals surface area contributed by atoms with Crippen LogP contribution in [0.15, 0.2) is 243 Å². The zero-order valence-electron chi connectivity index (χ0n) is 33.7. The van der Waals surface area contributed by atoms with Crippen molar-refractivity contribution in [1.82, 2.24) is 0 Å². The average molecular weight is 922 g/mol. The maximum absolute atomic E-state index is 8.25. The summed E-state index contributed by atoms with van der Waals surface area (Å²) in [6.07, 6.45) is 4.83. The number of benzene rings is 8. The van der Waals surface area contributed by atoms with E-state index in [1.807, 2.05) is 0 Å². The molecular formula is C52H48CuNO3P4. The van der Waals surface area contributed by atoms with E-state index in [2.05, 4.69) is 243 Å². The van der Waals surface area contributed by atoms with E-state index in [1.54, 1.807) is 0 Å². The van der Waals surface area contributed by atoms with E-state index in [-0.39, 0.29) is 48.8 Å². The first-order valence-electron chi connectivity index (χ1n) is 19.9. The van der Waals surface area contributed by atoms with E-state index in [9.17, 15) is 0 Å². The molecule has 0 aliphatic rings. The first-order chi connectivity index (χ1) is 29.6. The Morgan fingerprint density at radius 3 is 0.459 bits per heavy atom. The zero-order valence-corrected chi connectivity index (χ0v) is 38.2. The molecule has 4 nitrogen and oxygen atoms in total. The molecule has 0 aromatic heterocycles. The van der Waals surface area contributed by atoms with Crippen molar-refractivity contribution in [3.05, 3.63) is 258 Å². The fourth-order valence-electron chi connectivity index (χ4n) is 6.89. The molecule has 0 bridgehead atoms. The molecule has 61 heavy (non-hydrogen) atoms. The van der Waals surface area contributed by atoms with Crippen molar-refractivity contribution in [2.45, 2.75) is 0 Å². The van der Waals surface area contributed by atoms with Gasteiger partial charge in [-0.05, 0) is 98.8 Å². The van der Waals surface area contributed by atoms with Gasteiger partial charge in [-0.15, -0.1) is 0 Å². The van der Waals surface area contributed by atoms with Gasteiger partial charge in [0.15, 0.2) is 0 Å². The summed E-state index contributed by atoms with van der Waals surface area (Å²) >= 11 is 0. The van der Waals surface area contributed by atoms with E-state index in [4.69, 9.17) is 15.3 Å². The molecule has 0 heterocycles. The van der Waals surface area contributed by atoms with Crippen molar-refractivity contribution >= 4 is 74.1 Å². The zero-order chi connectivity index (χ0) is 41.6. The van der Waals surface area contributed by atoms with Crippen LogP contribution in [0.5, 0.6) is 0 Å². The predicted octanol–water partition coefficient (Wildman–Crippen LogP) is 10.3. The van der Waals surface area contributed by atoms with E-state index in [0.717, 1.165) is 0 Å². The summed E-state index contributed by atoms with van der Waals surface area (Å²) < 4.78 is 0. The smallest absolute Gasteiger partial charge is 0.356 e. The molecule has 0 unspecified atom stereocenters. The van der Waals surface area contributed by atoms with Crippen LogP contribution in [-0.2, 0) is 17.1 Å². The van der Waals surface area contributed by atoms with Crippen molar-refractivity contribution < 1.29 is 22.2 Å². The van der Waals surface area contributed by atoms with Gasteiger partial charge in [-0.25, -0.2) is 0 Å². The molecule has 9 heteroatoms. The van der Waals surface area contributed by atoms with Gasteiger partial charge in [0.05, 0.1) is 5.09 Å². The Labute approximate surface area is 376 Å². The van der Waals surface area contributed by atoms with Crippen molar-refractivity contribution in [1.29, 1.82) is 0 Å². The Hall–Kier alpha value is -4.80. The quantitative estimate of drug-likeness (QED) is 0.0472. The summed E-state index contributed by atoms with van der Waals surface area (Å²) in [5.41, 5.74) is 0. The monoisotopic (exact) mass is 921 g/mol. The van der Waals surface area contributed by atoms with Gasteiger partial charge >= 0.3 is 17.1 Å². The second kappa shape index (κ2) is 26.5. The maximum Gasteiger partial charge on any atom is 1.00 e. The molecule has 0 aliphatic carbocycles. The minimum atomic E-state index is -1.75. The van der Waals surface area contributed by atoms with Crippen LogP contribution < -0.4 is 42.4 Å². The Kier molecular flexibility index (Phi) is 20.5. The van der Waals surface area contributed by atoms with Gasteiger partial charge in [-0.1, -0.05) is 243 Å². The summed E-state index contributed by atoms with van der Waals surface area (Å²) in [6, 6.07) is 88.4. The molecule has 8 rings (SSSR count). The second-order valence-electron chi connectivity index (χ2n) is 13.5. The molecule has 8 aromatic carbocycles. The third-order valence-corrected chi connectivity index (χ3v) is 20.4. The first kappa shape index (κ1) is 47.3. The van der Waals surface area contributed by atoms with Gasteiger partial charge in [-0.3, -0.25) is 0 Å². The Bertz CT molecular complexity index is 1880. The minimum Gasteiger partial charge on any atom is -0.356 e. The Morgan fingerprint density at radius 2 is 0.361 bits per heavy atom. The van der Waals surface area contributed by atoms with Crippen molar-refractivity contribution in [2.75, 3.05) is 24.6 Å². The van der Waals surface area contributed by atoms with Gasteiger partial charge in [0.2, 0.25) is 0 Å². The molecule has 0 fully saturated rings. The number of hydrogen-bond donors (Lipinski definition) is 0. The van der Waals surface area contributed by atoms with Gasteiger partial charge in [-0.2, -0.15) is 0 Å². The molecule has 0 saturated heterocycles. The van der Waals surface area contributed by atoms with Gasteiger partial charge in [0.25, 0.3) is 0 Å². The molecule has 0 N–H and O–H groups in total. The summed E-state index contributed by atoms with van der Waals surface area (Å²) in [5, 5.41) is 26.5. The van der Waals surface area contributed by atoms with Gasteiger partial charge in [0.1, 0.15) is 0 Å². The third kappa shape index (κ3) is 15.3. The largest absolute Gasteiger partial charge is 1.00 e. The van der Waals surface area contributed by atoms with Crippen molar-refractivity contribution in [3.63, 3.8) is 0 Å². The number of hydrogen-bond acceptors (Lipinski definition) is 3. The molecule has 0 aliphatic heterocycles. The maximum atomic E-state index is 8.25. The summed E-state index contributed by atoms with van der Waals surface area (Å²) in [5.74, 6) is 0. The van der Waals surface area contributed by atoms with Crippen LogP contribution >= 0.6 is 31.7 Å². The normalized spacial score (nSPS) is 10.6. The summed E-state index contributed by atoms with van der Waals surface area (Å²) in [7, 11) is -1.39. The van der Waals surface area contributed by atoms with Crippen LogP contribution in [0.3, 0.4) is 0 Å². The predicted molar refractivity (Wildman–Crippen MR) is 266 cm³/mol. The van der Waals surface area contributed by atoms with Gasteiger partial charge in [0, 0.05) is 0 Å². The van der Waals surface area contributed by atoms with Gasteiger partial charge < -0.3 is 15.3 Å². The topological polar surface area (TPSA) is 66.2 Å². The molecule has 8 aromatic rings. The van der Waals surface area contributed by atoms with Crippen LogP contribution in [0, 0.1) is 15.3 Å². The van der Waals surface area contributed by atoms with E-state index < -0.39 is 5.09 Å². The standard InChI is InChI=1S/2C26H24P2.Cu.NO3/c2*1-5-13-23(14-6-1)27(24-15-7-2-8-16-24)21-22-28(25-17-9-3-10-18-25)26-19-11-4-12-20-26;;2-1(3)4/h2*1-20H,21-22H2;;/q;;+1;-1. The number of nitrogens with zero attached hydrogens (tertiary/aromatic N) is 1. The molecule has 0 saturated carbocycles. The van der Waals surface area contributed by atoms with Crippen LogP contribution in [0.2, 0.25) is 0 Å². The fraction of sp³-hybridized carbons (Fsp3) is 0.0769. The van der Waals surface area contributed by atoms with Crippen LogP contribution in [0.1, 0.15) is 0 Å².